The smallest absolute Gasteiger partial charge is 0.254 e. The zero-order valence-electron chi connectivity index (χ0n) is 11.4. The van der Waals surface area contributed by atoms with Gasteiger partial charge >= 0.3 is 0 Å². The number of nitrogens with one attached hydrogen (secondary N) is 1. The summed E-state index contributed by atoms with van der Waals surface area (Å²) in [6.45, 7) is 1.52. The van der Waals surface area contributed by atoms with Crippen LogP contribution in [0.3, 0.4) is 0 Å². The van der Waals surface area contributed by atoms with E-state index in [2.05, 4.69) is 5.32 Å². The Hall–Kier alpha value is -0.650. The Kier molecular flexibility index (Phi) is 4.97. The molecule has 1 N–H and O–H groups in total. The molecule has 1 aliphatic carbocycles. The quantitative estimate of drug-likeness (QED) is 0.793. The molecule has 2 aliphatic rings. The summed E-state index contributed by atoms with van der Waals surface area (Å²) in [4.78, 5) is 14.1. The molecule has 1 amide bonds. The van der Waals surface area contributed by atoms with E-state index in [1.165, 1.54) is 0 Å². The van der Waals surface area contributed by atoms with Crippen molar-refractivity contribution in [3.8, 4) is 0 Å². The molecule has 104 valence electrons. The number of amides is 1. The summed E-state index contributed by atoms with van der Waals surface area (Å²) in [7, 11) is 3.90. The van der Waals surface area contributed by atoms with E-state index in [0.29, 0.717) is 31.9 Å². The summed E-state index contributed by atoms with van der Waals surface area (Å²) < 4.78 is 10.8. The molecule has 1 aliphatic heterocycles. The molecule has 0 aromatic carbocycles. The second-order valence-corrected chi connectivity index (χ2v) is 5.18. The van der Waals surface area contributed by atoms with E-state index in [4.69, 9.17) is 9.47 Å². The van der Waals surface area contributed by atoms with Crippen LogP contribution in [0.15, 0.2) is 0 Å². The molecule has 18 heavy (non-hydrogen) atoms. The first-order valence-corrected chi connectivity index (χ1v) is 6.85. The van der Waals surface area contributed by atoms with Crippen LogP contribution in [0.1, 0.15) is 25.7 Å². The van der Waals surface area contributed by atoms with Crippen LogP contribution >= 0.6 is 0 Å². The molecule has 1 atom stereocenters. The van der Waals surface area contributed by atoms with Crippen LogP contribution in [0.5, 0.6) is 0 Å². The first-order valence-electron chi connectivity index (χ1n) is 6.85. The van der Waals surface area contributed by atoms with Gasteiger partial charge in [-0.1, -0.05) is 0 Å². The van der Waals surface area contributed by atoms with Gasteiger partial charge in [0.25, 0.3) is 5.91 Å². The van der Waals surface area contributed by atoms with Crippen LogP contribution in [-0.4, -0.2) is 62.9 Å². The Morgan fingerprint density at radius 3 is 2.50 bits per heavy atom. The first kappa shape index (κ1) is 13.8. The molecule has 5 nitrogen and oxygen atoms in total. The predicted octanol–water partition coefficient (Wildman–Crippen LogP) is 0.391. The number of rotatable bonds is 3. The highest BCUT2D eigenvalue weighted by molar-refractivity contribution is 5.81. The normalized spacial score (nSPS) is 33.1. The van der Waals surface area contributed by atoms with Gasteiger partial charge in [-0.3, -0.25) is 4.79 Å². The number of hydrogen-bond donors (Lipinski definition) is 1. The minimum absolute atomic E-state index is 0.0719. The van der Waals surface area contributed by atoms with Crippen LogP contribution in [0, 0.1) is 0 Å². The standard InChI is InChI=1S/C13H24N2O3/c1-14-10-3-5-11(6-4-10)15(2)13(16)12-9-17-7-8-18-12/h10-12,14H,3-9H2,1-2H3. The lowest BCUT2D eigenvalue weighted by atomic mass is 9.90. The third kappa shape index (κ3) is 3.22. The minimum atomic E-state index is -0.397. The van der Waals surface area contributed by atoms with E-state index in [0.717, 1.165) is 25.7 Å². The predicted molar refractivity (Wildman–Crippen MR) is 68.4 cm³/mol. The number of carbonyl (C=O) groups is 1. The van der Waals surface area contributed by atoms with Gasteiger partial charge in [-0.2, -0.15) is 0 Å². The molecule has 5 heteroatoms. The van der Waals surface area contributed by atoms with Crippen molar-refractivity contribution in [2.24, 2.45) is 0 Å². The van der Waals surface area contributed by atoms with Crippen molar-refractivity contribution in [1.29, 1.82) is 0 Å². The van der Waals surface area contributed by atoms with Gasteiger partial charge in [-0.25, -0.2) is 0 Å². The lowest BCUT2D eigenvalue weighted by Crippen LogP contribution is -2.49. The van der Waals surface area contributed by atoms with Crippen molar-refractivity contribution < 1.29 is 14.3 Å². The zero-order valence-corrected chi connectivity index (χ0v) is 11.4. The highest BCUT2D eigenvalue weighted by Gasteiger charge is 2.31. The van der Waals surface area contributed by atoms with Crippen LogP contribution < -0.4 is 5.32 Å². The van der Waals surface area contributed by atoms with Gasteiger partial charge in [-0.15, -0.1) is 0 Å². The number of nitrogens with zero attached hydrogens (tertiary/aromatic N) is 1. The maximum atomic E-state index is 12.3. The fraction of sp³-hybridized carbons (Fsp3) is 0.923. The van der Waals surface area contributed by atoms with E-state index < -0.39 is 6.10 Å². The van der Waals surface area contributed by atoms with E-state index in [9.17, 15) is 4.79 Å². The fourth-order valence-corrected chi connectivity index (χ4v) is 2.79. The monoisotopic (exact) mass is 256 g/mol. The molecule has 2 rings (SSSR count). The second kappa shape index (κ2) is 6.50. The topological polar surface area (TPSA) is 50.8 Å². The largest absolute Gasteiger partial charge is 0.376 e. The maximum absolute atomic E-state index is 12.3. The van der Waals surface area contributed by atoms with Gasteiger partial charge < -0.3 is 19.7 Å². The zero-order chi connectivity index (χ0) is 13.0. The van der Waals surface area contributed by atoms with Gasteiger partial charge in [0.15, 0.2) is 6.10 Å². The molecule has 0 aromatic rings. The molecule has 1 heterocycles. The van der Waals surface area contributed by atoms with Gasteiger partial charge in [-0.05, 0) is 32.7 Å². The molecular formula is C13H24N2O3. The van der Waals surface area contributed by atoms with Crippen molar-refractivity contribution >= 4 is 5.91 Å². The molecule has 0 radical (unpaired) electrons. The van der Waals surface area contributed by atoms with E-state index >= 15 is 0 Å². The van der Waals surface area contributed by atoms with Gasteiger partial charge in [0.2, 0.25) is 0 Å². The van der Waals surface area contributed by atoms with E-state index in [1.807, 2.05) is 19.0 Å². The van der Waals surface area contributed by atoms with Gasteiger partial charge in [0.1, 0.15) is 0 Å². The number of ether oxygens (including phenoxy) is 2. The number of hydrogen-bond acceptors (Lipinski definition) is 4. The van der Waals surface area contributed by atoms with Gasteiger partial charge in [0, 0.05) is 19.1 Å². The van der Waals surface area contributed by atoms with Crippen molar-refractivity contribution in [2.45, 2.75) is 43.9 Å². The molecule has 1 saturated carbocycles. The van der Waals surface area contributed by atoms with Crippen LogP contribution in [-0.2, 0) is 14.3 Å². The number of carbonyl (C=O) groups excluding carboxylic acids is 1. The molecule has 1 saturated heterocycles. The summed E-state index contributed by atoms with van der Waals surface area (Å²) >= 11 is 0. The average Bonchev–Trinajstić information content (AvgIpc) is 2.47. The Labute approximate surface area is 109 Å². The van der Waals surface area contributed by atoms with Crippen molar-refractivity contribution in [3.05, 3.63) is 0 Å². The third-order valence-electron chi connectivity index (χ3n) is 4.09. The Morgan fingerprint density at radius 2 is 1.94 bits per heavy atom. The van der Waals surface area contributed by atoms with Crippen molar-refractivity contribution in [2.75, 3.05) is 33.9 Å². The second-order valence-electron chi connectivity index (χ2n) is 5.18. The number of likely N-dealkylation sites (N-methyl/N-ethyl adjacent to an activating group) is 1. The van der Waals surface area contributed by atoms with Crippen LogP contribution in [0.25, 0.3) is 0 Å². The molecular weight excluding hydrogens is 232 g/mol. The molecule has 2 fully saturated rings. The van der Waals surface area contributed by atoms with Crippen LogP contribution in [0.4, 0.5) is 0 Å². The fourth-order valence-electron chi connectivity index (χ4n) is 2.79. The Balaban J connectivity index is 1.83. The SMILES string of the molecule is CNC1CCC(N(C)C(=O)C2COCCO2)CC1. The molecule has 0 spiro atoms. The molecule has 0 bridgehead atoms. The summed E-state index contributed by atoms with van der Waals surface area (Å²) in [5.41, 5.74) is 0. The summed E-state index contributed by atoms with van der Waals surface area (Å²) in [5, 5.41) is 3.31. The molecule has 1 unspecified atom stereocenters. The van der Waals surface area contributed by atoms with Crippen molar-refractivity contribution in [3.63, 3.8) is 0 Å². The van der Waals surface area contributed by atoms with E-state index in [1.54, 1.807) is 0 Å². The first-order chi connectivity index (χ1) is 8.72. The highest BCUT2D eigenvalue weighted by Crippen LogP contribution is 2.23. The molecule has 0 aromatic heterocycles. The Morgan fingerprint density at radius 1 is 1.22 bits per heavy atom. The third-order valence-corrected chi connectivity index (χ3v) is 4.09. The lowest BCUT2D eigenvalue weighted by molar-refractivity contribution is -0.159. The minimum Gasteiger partial charge on any atom is -0.376 e. The maximum Gasteiger partial charge on any atom is 0.254 e. The average molecular weight is 256 g/mol. The lowest BCUT2D eigenvalue weighted by Gasteiger charge is -2.36. The van der Waals surface area contributed by atoms with Crippen LogP contribution in [0.2, 0.25) is 0 Å². The van der Waals surface area contributed by atoms with Gasteiger partial charge in [0.05, 0.1) is 19.8 Å². The summed E-state index contributed by atoms with van der Waals surface area (Å²) in [6.07, 6.45) is 4.02. The van der Waals surface area contributed by atoms with E-state index in [-0.39, 0.29) is 5.91 Å². The summed E-state index contributed by atoms with van der Waals surface area (Å²) in [6, 6.07) is 0.964. The highest BCUT2D eigenvalue weighted by atomic mass is 16.6. The van der Waals surface area contributed by atoms with Crippen molar-refractivity contribution in [1.82, 2.24) is 10.2 Å². The summed E-state index contributed by atoms with van der Waals surface area (Å²) in [5.74, 6) is 0.0719. The Bertz CT molecular complexity index is 271.